The molecule has 27 heavy (non-hydrogen) atoms. The van der Waals surface area contributed by atoms with E-state index in [-0.39, 0.29) is 11.9 Å². The average molecular weight is 410 g/mol. The van der Waals surface area contributed by atoms with Gasteiger partial charge in [0.25, 0.3) is 5.91 Å². The van der Waals surface area contributed by atoms with Crippen molar-refractivity contribution in [3.8, 4) is 11.5 Å². The van der Waals surface area contributed by atoms with Crippen LogP contribution in [0.3, 0.4) is 0 Å². The van der Waals surface area contributed by atoms with E-state index in [1.54, 1.807) is 43.3 Å². The Hall–Kier alpha value is -2.24. The van der Waals surface area contributed by atoms with Crippen LogP contribution in [0.4, 0.5) is 0 Å². The van der Waals surface area contributed by atoms with E-state index in [1.807, 2.05) is 13.8 Å². The van der Waals surface area contributed by atoms with E-state index in [9.17, 15) is 9.59 Å². The molecule has 1 N–H and O–H groups in total. The zero-order valence-electron chi connectivity index (χ0n) is 15.3. The predicted octanol–water partition coefficient (Wildman–Crippen LogP) is 4.85. The first-order valence-electron chi connectivity index (χ1n) is 8.49. The molecule has 0 radical (unpaired) electrons. The Bertz CT molecular complexity index is 826. The Kier molecular flexibility index (Phi) is 7.51. The van der Waals surface area contributed by atoms with Gasteiger partial charge in [0.2, 0.25) is 0 Å². The molecule has 2 aromatic carbocycles. The lowest BCUT2D eigenvalue weighted by Crippen LogP contribution is -2.37. The van der Waals surface area contributed by atoms with E-state index in [1.165, 1.54) is 0 Å². The maximum atomic E-state index is 12.5. The van der Waals surface area contributed by atoms with Crippen molar-refractivity contribution in [2.45, 2.75) is 32.9 Å². The Morgan fingerprint density at radius 1 is 1.15 bits per heavy atom. The third kappa shape index (κ3) is 5.62. The summed E-state index contributed by atoms with van der Waals surface area (Å²) in [7, 11) is 0. The Morgan fingerprint density at radius 3 is 2.52 bits per heavy atom. The van der Waals surface area contributed by atoms with Gasteiger partial charge in [0.05, 0.1) is 12.6 Å². The van der Waals surface area contributed by atoms with Gasteiger partial charge in [-0.1, -0.05) is 29.3 Å². The van der Waals surface area contributed by atoms with Crippen LogP contribution in [0.2, 0.25) is 10.0 Å². The Balaban J connectivity index is 2.08. The first-order chi connectivity index (χ1) is 12.8. The minimum Gasteiger partial charge on any atom is -0.490 e. The van der Waals surface area contributed by atoms with Crippen molar-refractivity contribution in [3.05, 3.63) is 57.6 Å². The maximum absolute atomic E-state index is 12.5. The smallest absolute Gasteiger partial charge is 0.261 e. The SMILES string of the molecule is CCOc1cc(C=O)ccc1O[C@H](C)C(=O)N[C@@H](C)c1ccc(Cl)cc1Cl. The van der Waals surface area contributed by atoms with Gasteiger partial charge in [-0.2, -0.15) is 0 Å². The van der Waals surface area contributed by atoms with Crippen LogP contribution in [0, 0.1) is 0 Å². The molecule has 0 aromatic heterocycles. The molecule has 2 aromatic rings. The number of carbonyl (C=O) groups is 2. The molecule has 0 fully saturated rings. The number of ether oxygens (including phenoxy) is 2. The van der Waals surface area contributed by atoms with E-state index < -0.39 is 6.10 Å². The van der Waals surface area contributed by atoms with Gasteiger partial charge in [-0.05, 0) is 56.7 Å². The minimum atomic E-state index is -0.778. The number of nitrogens with one attached hydrogen (secondary N) is 1. The van der Waals surface area contributed by atoms with Crippen molar-refractivity contribution in [1.29, 1.82) is 0 Å². The molecule has 1 amide bonds. The molecule has 0 unspecified atom stereocenters. The first-order valence-corrected chi connectivity index (χ1v) is 9.25. The molecule has 0 saturated heterocycles. The van der Waals surface area contributed by atoms with E-state index >= 15 is 0 Å². The molecule has 0 aliphatic rings. The van der Waals surface area contributed by atoms with Crippen molar-refractivity contribution in [2.75, 3.05) is 6.61 Å². The van der Waals surface area contributed by atoms with Crippen molar-refractivity contribution in [3.63, 3.8) is 0 Å². The van der Waals surface area contributed by atoms with Crippen LogP contribution in [0.5, 0.6) is 11.5 Å². The van der Waals surface area contributed by atoms with E-state index in [0.29, 0.717) is 33.7 Å². The van der Waals surface area contributed by atoms with Gasteiger partial charge in [0.15, 0.2) is 17.6 Å². The molecule has 2 atom stereocenters. The van der Waals surface area contributed by atoms with E-state index in [4.69, 9.17) is 32.7 Å². The topological polar surface area (TPSA) is 64.6 Å². The summed E-state index contributed by atoms with van der Waals surface area (Å²) in [5.74, 6) is 0.494. The third-order valence-corrected chi connectivity index (χ3v) is 4.43. The van der Waals surface area contributed by atoms with Crippen LogP contribution in [-0.4, -0.2) is 24.9 Å². The summed E-state index contributed by atoms with van der Waals surface area (Å²) in [6.07, 6.45) is -0.0558. The number of amides is 1. The lowest BCUT2D eigenvalue weighted by molar-refractivity contribution is -0.127. The summed E-state index contributed by atoms with van der Waals surface area (Å²) in [6, 6.07) is 9.58. The predicted molar refractivity (Wildman–Crippen MR) is 106 cm³/mol. The fourth-order valence-electron chi connectivity index (χ4n) is 2.47. The van der Waals surface area contributed by atoms with Crippen molar-refractivity contribution in [1.82, 2.24) is 5.32 Å². The van der Waals surface area contributed by atoms with Gasteiger partial charge < -0.3 is 14.8 Å². The molecule has 0 saturated carbocycles. The van der Waals surface area contributed by atoms with Crippen molar-refractivity contribution in [2.24, 2.45) is 0 Å². The highest BCUT2D eigenvalue weighted by Gasteiger charge is 2.20. The average Bonchev–Trinajstić information content (AvgIpc) is 2.63. The number of carbonyl (C=O) groups excluding carboxylic acids is 2. The zero-order valence-corrected chi connectivity index (χ0v) is 16.8. The molecule has 144 valence electrons. The molecule has 0 bridgehead atoms. The molecule has 7 heteroatoms. The standard InChI is InChI=1S/C20H21Cl2NO4/c1-4-26-19-9-14(11-24)5-8-18(19)27-13(3)20(25)23-12(2)16-7-6-15(21)10-17(16)22/h5-13H,4H2,1-3H3,(H,23,25)/t12-,13+/m0/s1. The van der Waals surface area contributed by atoms with Crippen LogP contribution in [0.1, 0.15) is 42.7 Å². The molecule has 0 aliphatic heterocycles. The minimum absolute atomic E-state index is 0.310. The fraction of sp³-hybridized carbons (Fsp3) is 0.300. The van der Waals surface area contributed by atoms with Gasteiger partial charge in [0.1, 0.15) is 6.29 Å². The molecule has 0 spiro atoms. The summed E-state index contributed by atoms with van der Waals surface area (Å²) in [4.78, 5) is 23.4. The number of hydrogen-bond acceptors (Lipinski definition) is 4. The lowest BCUT2D eigenvalue weighted by Gasteiger charge is -2.21. The summed E-state index contributed by atoms with van der Waals surface area (Å²) >= 11 is 12.1. The quantitative estimate of drug-likeness (QED) is 0.632. The highest BCUT2D eigenvalue weighted by atomic mass is 35.5. The summed E-state index contributed by atoms with van der Waals surface area (Å²) in [5.41, 5.74) is 1.22. The summed E-state index contributed by atoms with van der Waals surface area (Å²) < 4.78 is 11.2. The van der Waals surface area contributed by atoms with Crippen LogP contribution in [-0.2, 0) is 4.79 Å². The second-order valence-corrected chi connectivity index (χ2v) is 6.76. The fourth-order valence-corrected chi connectivity index (χ4v) is 3.04. The van der Waals surface area contributed by atoms with Gasteiger partial charge in [-0.15, -0.1) is 0 Å². The molecule has 5 nitrogen and oxygen atoms in total. The second-order valence-electron chi connectivity index (χ2n) is 5.91. The highest BCUT2D eigenvalue weighted by molar-refractivity contribution is 6.35. The number of halogens is 2. The van der Waals surface area contributed by atoms with Gasteiger partial charge in [-0.25, -0.2) is 0 Å². The second kappa shape index (κ2) is 9.62. The summed E-state index contributed by atoms with van der Waals surface area (Å²) in [5, 5.41) is 3.87. The van der Waals surface area contributed by atoms with Crippen LogP contribution in [0.15, 0.2) is 36.4 Å². The lowest BCUT2D eigenvalue weighted by atomic mass is 10.1. The third-order valence-electron chi connectivity index (χ3n) is 3.86. The monoisotopic (exact) mass is 409 g/mol. The number of rotatable bonds is 8. The Morgan fingerprint density at radius 2 is 1.89 bits per heavy atom. The van der Waals surface area contributed by atoms with Gasteiger partial charge in [0, 0.05) is 15.6 Å². The molecule has 0 aliphatic carbocycles. The first kappa shape index (κ1) is 21.1. The highest BCUT2D eigenvalue weighted by Crippen LogP contribution is 2.30. The molecular formula is C20H21Cl2NO4. The van der Waals surface area contributed by atoms with E-state index in [2.05, 4.69) is 5.32 Å². The van der Waals surface area contributed by atoms with Crippen LogP contribution in [0.25, 0.3) is 0 Å². The number of hydrogen-bond donors (Lipinski definition) is 1. The largest absolute Gasteiger partial charge is 0.490 e. The Labute approximate surface area is 168 Å². The van der Waals surface area contributed by atoms with E-state index in [0.717, 1.165) is 11.8 Å². The molecule has 0 heterocycles. The number of benzene rings is 2. The summed E-state index contributed by atoms with van der Waals surface area (Å²) in [6.45, 7) is 5.69. The van der Waals surface area contributed by atoms with Crippen molar-refractivity contribution < 1.29 is 19.1 Å². The van der Waals surface area contributed by atoms with Crippen LogP contribution >= 0.6 is 23.2 Å². The molecular weight excluding hydrogens is 389 g/mol. The molecule has 2 rings (SSSR count). The van der Waals surface area contributed by atoms with Gasteiger partial charge >= 0.3 is 0 Å². The number of aldehydes is 1. The van der Waals surface area contributed by atoms with Gasteiger partial charge in [-0.3, -0.25) is 9.59 Å². The maximum Gasteiger partial charge on any atom is 0.261 e. The van der Waals surface area contributed by atoms with Crippen molar-refractivity contribution >= 4 is 35.4 Å². The zero-order chi connectivity index (χ0) is 20.0. The van der Waals surface area contributed by atoms with Crippen LogP contribution < -0.4 is 14.8 Å². The normalized spacial score (nSPS) is 12.8.